The highest BCUT2D eigenvalue weighted by Gasteiger charge is 2.18. The zero-order chi connectivity index (χ0) is 18.2. The molecular weight excluding hydrogens is 340 g/mol. The Kier molecular flexibility index (Phi) is 6.44. The lowest BCUT2D eigenvalue weighted by molar-refractivity contribution is -0.122. The molecule has 0 saturated carbocycles. The van der Waals surface area contributed by atoms with Crippen molar-refractivity contribution in [2.45, 2.75) is 13.0 Å². The Bertz CT molecular complexity index is 797. The standard InChI is InChI=1S/C19H17ClN2O3/c1-3-12-21-19(24)16-6-4-5-7-17(16)22-18(23)13(2)25-15-10-8-14(20)9-11-15/h1,4-11,13H,12H2,2H3,(H,21,24)(H,22,23). The number of benzene rings is 2. The van der Waals surface area contributed by atoms with Crippen LogP contribution in [0.5, 0.6) is 5.75 Å². The van der Waals surface area contributed by atoms with Gasteiger partial charge in [-0.15, -0.1) is 6.42 Å². The molecule has 25 heavy (non-hydrogen) atoms. The van der Waals surface area contributed by atoms with Crippen molar-refractivity contribution in [2.75, 3.05) is 11.9 Å². The Morgan fingerprint density at radius 1 is 1.20 bits per heavy atom. The van der Waals surface area contributed by atoms with E-state index in [1.165, 1.54) is 0 Å². The molecule has 0 radical (unpaired) electrons. The van der Waals surface area contributed by atoms with E-state index in [4.69, 9.17) is 22.8 Å². The predicted octanol–water partition coefficient (Wildman–Crippen LogP) is 3.11. The number of carbonyl (C=O) groups is 2. The summed E-state index contributed by atoms with van der Waals surface area (Å²) >= 11 is 5.82. The summed E-state index contributed by atoms with van der Waals surface area (Å²) in [6, 6.07) is 13.4. The first kappa shape index (κ1) is 18.4. The number of hydrogen-bond acceptors (Lipinski definition) is 3. The second-order valence-corrected chi connectivity index (χ2v) is 5.57. The second-order valence-electron chi connectivity index (χ2n) is 5.14. The molecule has 0 saturated heterocycles. The molecule has 2 rings (SSSR count). The number of terminal acetylenes is 1. The maximum Gasteiger partial charge on any atom is 0.265 e. The Balaban J connectivity index is 2.05. The third kappa shape index (κ3) is 5.27. The summed E-state index contributed by atoms with van der Waals surface area (Å²) in [5, 5.41) is 5.84. The van der Waals surface area contributed by atoms with Crippen molar-refractivity contribution in [3.8, 4) is 18.1 Å². The lowest BCUT2D eigenvalue weighted by Crippen LogP contribution is -2.31. The first-order valence-electron chi connectivity index (χ1n) is 7.55. The van der Waals surface area contributed by atoms with Crippen molar-refractivity contribution in [3.63, 3.8) is 0 Å². The normalized spacial score (nSPS) is 11.1. The highest BCUT2D eigenvalue weighted by Crippen LogP contribution is 2.19. The van der Waals surface area contributed by atoms with E-state index in [2.05, 4.69) is 16.6 Å². The fourth-order valence-electron chi connectivity index (χ4n) is 2.02. The summed E-state index contributed by atoms with van der Waals surface area (Å²) in [6.45, 7) is 1.72. The molecule has 0 bridgehead atoms. The minimum absolute atomic E-state index is 0.108. The van der Waals surface area contributed by atoms with E-state index in [1.54, 1.807) is 55.5 Å². The number of ether oxygens (including phenoxy) is 1. The van der Waals surface area contributed by atoms with Gasteiger partial charge in [-0.05, 0) is 43.3 Å². The molecule has 128 valence electrons. The predicted molar refractivity (Wildman–Crippen MR) is 97.8 cm³/mol. The summed E-state index contributed by atoms with van der Waals surface area (Å²) in [5.41, 5.74) is 0.707. The van der Waals surface area contributed by atoms with Crippen LogP contribution in [0.1, 0.15) is 17.3 Å². The molecule has 2 aromatic carbocycles. The first-order valence-corrected chi connectivity index (χ1v) is 7.93. The smallest absolute Gasteiger partial charge is 0.265 e. The average molecular weight is 357 g/mol. The van der Waals surface area contributed by atoms with Crippen LogP contribution in [0.3, 0.4) is 0 Å². The van der Waals surface area contributed by atoms with Gasteiger partial charge in [0, 0.05) is 5.02 Å². The summed E-state index contributed by atoms with van der Waals surface area (Å²) in [4.78, 5) is 24.4. The van der Waals surface area contributed by atoms with Gasteiger partial charge in [-0.25, -0.2) is 0 Å². The van der Waals surface area contributed by atoms with Crippen LogP contribution < -0.4 is 15.4 Å². The Morgan fingerprint density at radius 3 is 2.56 bits per heavy atom. The van der Waals surface area contributed by atoms with Gasteiger partial charge in [-0.1, -0.05) is 29.7 Å². The number of anilines is 1. The lowest BCUT2D eigenvalue weighted by atomic mass is 10.1. The molecule has 0 fully saturated rings. The molecule has 0 heterocycles. The van der Waals surface area contributed by atoms with E-state index in [1.807, 2.05) is 0 Å². The molecule has 1 atom stereocenters. The largest absolute Gasteiger partial charge is 0.481 e. The zero-order valence-corrected chi connectivity index (χ0v) is 14.3. The molecule has 0 aliphatic rings. The highest BCUT2D eigenvalue weighted by atomic mass is 35.5. The van der Waals surface area contributed by atoms with Gasteiger partial charge in [0.15, 0.2) is 6.10 Å². The molecule has 2 aromatic rings. The molecule has 2 N–H and O–H groups in total. The molecular formula is C19H17ClN2O3. The van der Waals surface area contributed by atoms with Gasteiger partial charge in [-0.3, -0.25) is 9.59 Å². The van der Waals surface area contributed by atoms with E-state index in [-0.39, 0.29) is 18.4 Å². The van der Waals surface area contributed by atoms with E-state index in [0.717, 1.165) is 0 Å². The van der Waals surface area contributed by atoms with Crippen LogP contribution in [-0.2, 0) is 4.79 Å². The van der Waals surface area contributed by atoms with Crippen molar-refractivity contribution in [1.82, 2.24) is 5.32 Å². The summed E-state index contributed by atoms with van der Waals surface area (Å²) in [5.74, 6) is 2.11. The Labute approximate surface area is 151 Å². The SMILES string of the molecule is C#CCNC(=O)c1ccccc1NC(=O)C(C)Oc1ccc(Cl)cc1. The summed E-state index contributed by atoms with van der Waals surface area (Å²) in [7, 11) is 0. The molecule has 1 unspecified atom stereocenters. The third-order valence-corrected chi connectivity index (χ3v) is 3.53. The van der Waals surface area contributed by atoms with Gasteiger partial charge in [0.25, 0.3) is 11.8 Å². The van der Waals surface area contributed by atoms with Crippen LogP contribution in [0.4, 0.5) is 5.69 Å². The van der Waals surface area contributed by atoms with Crippen molar-refractivity contribution >= 4 is 29.1 Å². The van der Waals surface area contributed by atoms with Crippen LogP contribution in [0.2, 0.25) is 5.02 Å². The number of nitrogens with one attached hydrogen (secondary N) is 2. The molecule has 5 nitrogen and oxygen atoms in total. The number of hydrogen-bond donors (Lipinski definition) is 2. The molecule has 6 heteroatoms. The monoisotopic (exact) mass is 356 g/mol. The van der Waals surface area contributed by atoms with Crippen LogP contribution in [0.25, 0.3) is 0 Å². The average Bonchev–Trinajstić information content (AvgIpc) is 2.62. The number of para-hydroxylation sites is 1. The van der Waals surface area contributed by atoms with Gasteiger partial charge in [-0.2, -0.15) is 0 Å². The van der Waals surface area contributed by atoms with Gasteiger partial charge in [0.2, 0.25) is 0 Å². The number of carbonyl (C=O) groups excluding carboxylic acids is 2. The van der Waals surface area contributed by atoms with Crippen molar-refractivity contribution in [2.24, 2.45) is 0 Å². The summed E-state index contributed by atoms with van der Waals surface area (Å²) < 4.78 is 5.57. The van der Waals surface area contributed by atoms with Crippen LogP contribution in [-0.4, -0.2) is 24.5 Å². The van der Waals surface area contributed by atoms with Crippen LogP contribution in [0.15, 0.2) is 48.5 Å². The minimum Gasteiger partial charge on any atom is -0.481 e. The fraction of sp³-hybridized carbons (Fsp3) is 0.158. The number of rotatable bonds is 6. The van der Waals surface area contributed by atoms with E-state index in [9.17, 15) is 9.59 Å². The van der Waals surface area contributed by atoms with Crippen LogP contribution in [0, 0.1) is 12.3 Å². The third-order valence-electron chi connectivity index (χ3n) is 3.28. The van der Waals surface area contributed by atoms with Crippen molar-refractivity contribution in [1.29, 1.82) is 0 Å². The number of amides is 2. The van der Waals surface area contributed by atoms with E-state index < -0.39 is 6.10 Å². The van der Waals surface area contributed by atoms with Gasteiger partial charge < -0.3 is 15.4 Å². The molecule has 0 aliphatic carbocycles. The Morgan fingerprint density at radius 2 is 1.88 bits per heavy atom. The Hall–Kier alpha value is -2.97. The molecule has 0 spiro atoms. The quantitative estimate of drug-likeness (QED) is 0.781. The molecule has 0 aromatic heterocycles. The van der Waals surface area contributed by atoms with E-state index >= 15 is 0 Å². The number of halogens is 1. The highest BCUT2D eigenvalue weighted by molar-refractivity contribution is 6.30. The van der Waals surface area contributed by atoms with Crippen LogP contribution >= 0.6 is 11.6 Å². The minimum atomic E-state index is -0.761. The summed E-state index contributed by atoms with van der Waals surface area (Å²) in [6.07, 6.45) is 4.38. The van der Waals surface area contributed by atoms with E-state index in [0.29, 0.717) is 22.0 Å². The maximum absolute atomic E-state index is 12.3. The lowest BCUT2D eigenvalue weighted by Gasteiger charge is -2.16. The second kappa shape index (κ2) is 8.76. The molecule has 2 amide bonds. The zero-order valence-electron chi connectivity index (χ0n) is 13.6. The first-order chi connectivity index (χ1) is 12.0. The molecule has 0 aliphatic heterocycles. The topological polar surface area (TPSA) is 67.4 Å². The van der Waals surface area contributed by atoms with Gasteiger partial charge >= 0.3 is 0 Å². The van der Waals surface area contributed by atoms with Crippen molar-refractivity contribution in [3.05, 3.63) is 59.1 Å². The van der Waals surface area contributed by atoms with Crippen molar-refractivity contribution < 1.29 is 14.3 Å². The fourth-order valence-corrected chi connectivity index (χ4v) is 2.15. The maximum atomic E-state index is 12.3. The van der Waals surface area contributed by atoms with Gasteiger partial charge in [0.1, 0.15) is 5.75 Å². The van der Waals surface area contributed by atoms with Gasteiger partial charge in [0.05, 0.1) is 17.8 Å².